The molecule has 1 saturated heterocycles. The number of nitrogens with zero attached hydrogens (tertiary/aromatic N) is 2. The van der Waals surface area contributed by atoms with Gasteiger partial charge in [0.2, 0.25) is 10.0 Å². The van der Waals surface area contributed by atoms with Gasteiger partial charge in [-0.15, -0.1) is 0 Å². The van der Waals surface area contributed by atoms with E-state index in [1.165, 1.54) is 16.6 Å². The Balaban J connectivity index is 2.39. The molecule has 2 rings (SSSR count). The first-order valence-corrected chi connectivity index (χ1v) is 7.84. The maximum atomic E-state index is 12.6. The van der Waals surface area contributed by atoms with Gasteiger partial charge < -0.3 is 10.8 Å². The van der Waals surface area contributed by atoms with Crippen LogP contribution in [0.4, 0.5) is 5.82 Å². The van der Waals surface area contributed by atoms with E-state index in [1.54, 1.807) is 6.07 Å². The third-order valence-corrected chi connectivity index (χ3v) is 5.42. The Morgan fingerprint density at radius 3 is 2.89 bits per heavy atom. The van der Waals surface area contributed by atoms with Gasteiger partial charge in [-0.1, -0.05) is 12.8 Å². The molecule has 3 N–H and O–H groups in total. The molecule has 19 heavy (non-hydrogen) atoms. The van der Waals surface area contributed by atoms with Gasteiger partial charge in [0.15, 0.2) is 0 Å². The Hall–Kier alpha value is -1.18. The Kier molecular flexibility index (Phi) is 4.38. The van der Waals surface area contributed by atoms with Gasteiger partial charge in [0.05, 0.1) is 6.61 Å². The molecular formula is C12H19N3O3S. The van der Waals surface area contributed by atoms with Crippen molar-refractivity contribution in [2.75, 3.05) is 18.9 Å². The van der Waals surface area contributed by atoms with Crippen LogP contribution in [0.1, 0.15) is 25.7 Å². The van der Waals surface area contributed by atoms with Crippen molar-refractivity contribution in [3.05, 3.63) is 18.3 Å². The molecule has 0 aromatic carbocycles. The summed E-state index contributed by atoms with van der Waals surface area (Å²) in [5, 5.41) is 9.41. The Bertz CT molecular complexity index is 533. The predicted molar refractivity (Wildman–Crippen MR) is 71.9 cm³/mol. The maximum Gasteiger partial charge on any atom is 0.247 e. The lowest BCUT2D eigenvalue weighted by Crippen LogP contribution is -2.42. The molecule has 7 heteroatoms. The normalized spacial score (nSPS) is 22.1. The number of aliphatic hydroxyl groups excluding tert-OH is 1. The molecule has 1 unspecified atom stereocenters. The van der Waals surface area contributed by atoms with Crippen LogP contribution in [0.15, 0.2) is 23.2 Å². The van der Waals surface area contributed by atoms with Crippen molar-refractivity contribution in [3.8, 4) is 0 Å². The third kappa shape index (κ3) is 2.88. The van der Waals surface area contributed by atoms with Crippen molar-refractivity contribution in [1.29, 1.82) is 0 Å². The molecule has 1 fully saturated rings. The van der Waals surface area contributed by atoms with E-state index in [2.05, 4.69) is 4.98 Å². The molecule has 0 aliphatic carbocycles. The second kappa shape index (κ2) is 5.85. The minimum Gasteiger partial charge on any atom is -0.395 e. The van der Waals surface area contributed by atoms with Crippen LogP contribution in [-0.2, 0) is 10.0 Å². The highest BCUT2D eigenvalue weighted by Gasteiger charge is 2.33. The second-order valence-corrected chi connectivity index (χ2v) is 6.55. The fourth-order valence-corrected chi connectivity index (χ4v) is 4.15. The standard InChI is InChI=1S/C12H19N3O3S/c13-12-11(6-4-7-14-12)19(17,18)15-8-3-1-2-5-10(15)9-16/h4,6-7,10,16H,1-3,5,8-9H2,(H2,13,14). The number of aliphatic hydroxyl groups is 1. The van der Waals surface area contributed by atoms with Gasteiger partial charge in [-0.2, -0.15) is 4.31 Å². The summed E-state index contributed by atoms with van der Waals surface area (Å²) in [5.74, 6) is 0.00318. The largest absolute Gasteiger partial charge is 0.395 e. The average molecular weight is 285 g/mol. The van der Waals surface area contributed by atoms with Gasteiger partial charge >= 0.3 is 0 Å². The first-order chi connectivity index (χ1) is 9.07. The zero-order chi connectivity index (χ0) is 13.9. The highest BCUT2D eigenvalue weighted by Crippen LogP contribution is 2.26. The second-order valence-electron chi connectivity index (χ2n) is 4.69. The fourth-order valence-electron chi connectivity index (χ4n) is 2.40. The summed E-state index contributed by atoms with van der Waals surface area (Å²) in [7, 11) is -3.69. The summed E-state index contributed by atoms with van der Waals surface area (Å²) < 4.78 is 26.6. The van der Waals surface area contributed by atoms with Crippen molar-refractivity contribution in [2.24, 2.45) is 0 Å². The monoisotopic (exact) mass is 285 g/mol. The number of nitrogen functional groups attached to an aromatic ring is 1. The van der Waals surface area contributed by atoms with Crippen molar-refractivity contribution in [1.82, 2.24) is 9.29 Å². The lowest BCUT2D eigenvalue weighted by Gasteiger charge is -2.27. The number of hydrogen-bond acceptors (Lipinski definition) is 5. The minimum absolute atomic E-state index is 0.00318. The quantitative estimate of drug-likeness (QED) is 0.847. The molecule has 0 saturated carbocycles. The molecule has 1 aromatic heterocycles. The van der Waals surface area contributed by atoms with E-state index >= 15 is 0 Å². The van der Waals surface area contributed by atoms with E-state index in [0.29, 0.717) is 13.0 Å². The summed E-state index contributed by atoms with van der Waals surface area (Å²) in [6.07, 6.45) is 4.84. The van der Waals surface area contributed by atoms with Crippen molar-refractivity contribution in [3.63, 3.8) is 0 Å². The minimum atomic E-state index is -3.69. The van der Waals surface area contributed by atoms with E-state index in [0.717, 1.165) is 19.3 Å². The number of rotatable bonds is 3. The van der Waals surface area contributed by atoms with Crippen LogP contribution < -0.4 is 5.73 Å². The van der Waals surface area contributed by atoms with E-state index in [1.807, 2.05) is 0 Å². The van der Waals surface area contributed by atoms with Crippen LogP contribution in [0.3, 0.4) is 0 Å². The van der Waals surface area contributed by atoms with Crippen LogP contribution in [0.25, 0.3) is 0 Å². The molecule has 1 aliphatic heterocycles. The highest BCUT2D eigenvalue weighted by molar-refractivity contribution is 7.89. The molecule has 1 aromatic rings. The number of sulfonamides is 1. The molecule has 6 nitrogen and oxygen atoms in total. The number of pyridine rings is 1. The first-order valence-electron chi connectivity index (χ1n) is 6.40. The molecule has 0 spiro atoms. The van der Waals surface area contributed by atoms with Gasteiger partial charge in [-0.25, -0.2) is 13.4 Å². The summed E-state index contributed by atoms with van der Waals surface area (Å²) in [5.41, 5.74) is 5.66. The van der Waals surface area contributed by atoms with Gasteiger partial charge in [-0.05, 0) is 25.0 Å². The number of nitrogens with two attached hydrogens (primary N) is 1. The van der Waals surface area contributed by atoms with Crippen molar-refractivity contribution in [2.45, 2.75) is 36.6 Å². The lowest BCUT2D eigenvalue weighted by molar-refractivity contribution is 0.186. The van der Waals surface area contributed by atoms with Crippen molar-refractivity contribution >= 4 is 15.8 Å². The van der Waals surface area contributed by atoms with Gasteiger partial charge in [-0.3, -0.25) is 0 Å². The molecule has 0 radical (unpaired) electrons. The molecule has 106 valence electrons. The Morgan fingerprint density at radius 1 is 1.42 bits per heavy atom. The third-order valence-electron chi connectivity index (χ3n) is 3.42. The smallest absolute Gasteiger partial charge is 0.247 e. The molecule has 0 amide bonds. The van der Waals surface area contributed by atoms with E-state index in [9.17, 15) is 13.5 Å². The Morgan fingerprint density at radius 2 is 2.21 bits per heavy atom. The van der Waals surface area contributed by atoms with Gasteiger partial charge in [0, 0.05) is 18.8 Å². The van der Waals surface area contributed by atoms with E-state index in [-0.39, 0.29) is 23.4 Å². The first kappa shape index (κ1) is 14.2. The number of aromatic nitrogens is 1. The van der Waals surface area contributed by atoms with Gasteiger partial charge in [0.1, 0.15) is 10.7 Å². The molecule has 0 bridgehead atoms. The molecule has 1 aliphatic rings. The predicted octanol–water partition coefficient (Wildman–Crippen LogP) is 0.589. The summed E-state index contributed by atoms with van der Waals surface area (Å²) in [4.78, 5) is 3.85. The van der Waals surface area contributed by atoms with Crippen LogP contribution in [0.5, 0.6) is 0 Å². The van der Waals surface area contributed by atoms with Crippen LogP contribution in [-0.4, -0.2) is 42.0 Å². The maximum absolute atomic E-state index is 12.6. The zero-order valence-corrected chi connectivity index (χ0v) is 11.5. The fraction of sp³-hybridized carbons (Fsp3) is 0.583. The van der Waals surface area contributed by atoms with Crippen LogP contribution >= 0.6 is 0 Å². The summed E-state index contributed by atoms with van der Waals surface area (Å²) in [6.45, 7) is 0.251. The summed E-state index contributed by atoms with van der Waals surface area (Å²) in [6, 6.07) is 2.64. The highest BCUT2D eigenvalue weighted by atomic mass is 32.2. The molecule has 1 atom stereocenters. The number of anilines is 1. The molecular weight excluding hydrogens is 266 g/mol. The lowest BCUT2D eigenvalue weighted by atomic mass is 10.1. The van der Waals surface area contributed by atoms with E-state index < -0.39 is 10.0 Å². The van der Waals surface area contributed by atoms with Crippen molar-refractivity contribution < 1.29 is 13.5 Å². The van der Waals surface area contributed by atoms with Gasteiger partial charge in [0.25, 0.3) is 0 Å². The summed E-state index contributed by atoms with van der Waals surface area (Å²) >= 11 is 0. The van der Waals surface area contributed by atoms with Crippen LogP contribution in [0, 0.1) is 0 Å². The van der Waals surface area contributed by atoms with Crippen LogP contribution in [0.2, 0.25) is 0 Å². The molecule has 2 heterocycles. The Labute approximate surface area is 113 Å². The average Bonchev–Trinajstić information content (AvgIpc) is 2.64. The SMILES string of the molecule is Nc1ncccc1S(=O)(=O)N1CCCCCC1CO. The van der Waals surface area contributed by atoms with E-state index in [4.69, 9.17) is 5.73 Å². The zero-order valence-electron chi connectivity index (χ0n) is 10.7. The topological polar surface area (TPSA) is 96.5 Å². The number of hydrogen-bond donors (Lipinski definition) is 2.